The molecule has 2 aromatic carbocycles. The van der Waals surface area contributed by atoms with Crippen LogP contribution in [0.15, 0.2) is 60.7 Å². The average Bonchev–Trinajstić information content (AvgIpc) is 2.68. The number of aliphatic hydroxyl groups is 2. The van der Waals surface area contributed by atoms with Crippen molar-refractivity contribution in [2.24, 2.45) is 5.73 Å². The molecule has 0 aromatic heterocycles. The zero-order valence-electron chi connectivity index (χ0n) is 16.2. The molecule has 0 aliphatic rings. The van der Waals surface area contributed by atoms with E-state index in [4.69, 9.17) is 5.73 Å². The van der Waals surface area contributed by atoms with Crippen LogP contribution in [0.4, 0.5) is 0 Å². The third-order valence-corrected chi connectivity index (χ3v) is 5.44. The second kappa shape index (κ2) is 14.5. The van der Waals surface area contributed by atoms with Gasteiger partial charge in [0.25, 0.3) is 0 Å². The van der Waals surface area contributed by atoms with E-state index in [2.05, 4.69) is 36.9 Å². The summed E-state index contributed by atoms with van der Waals surface area (Å²) >= 11 is 5.99. The molecule has 28 heavy (non-hydrogen) atoms. The van der Waals surface area contributed by atoms with Gasteiger partial charge in [0.05, 0.1) is 6.42 Å². The maximum atomic E-state index is 10.6. The number of nitrogens with two attached hydrogens (primary N) is 1. The molecule has 0 bridgehead atoms. The summed E-state index contributed by atoms with van der Waals surface area (Å²) in [5, 5.41) is 19.0. The topological polar surface area (TPSA) is 83.6 Å². The van der Waals surface area contributed by atoms with E-state index in [0.717, 1.165) is 30.1 Å². The van der Waals surface area contributed by atoms with Crippen molar-refractivity contribution in [3.63, 3.8) is 0 Å². The summed E-state index contributed by atoms with van der Waals surface area (Å²) in [7, 11) is 0. The van der Waals surface area contributed by atoms with E-state index in [1.54, 1.807) is 0 Å². The highest BCUT2D eigenvalue weighted by molar-refractivity contribution is 7.98. The van der Waals surface area contributed by atoms with Crippen LogP contribution >= 0.6 is 24.4 Å². The Bertz CT molecular complexity index is 651. The first-order valence-electron chi connectivity index (χ1n) is 9.42. The van der Waals surface area contributed by atoms with Gasteiger partial charge in [0.15, 0.2) is 5.79 Å². The SMILES string of the molecule is NC(=O)CC(O)(O)CCCCCSCc1ccccc1.SCc1ccccc1. The van der Waals surface area contributed by atoms with Crippen LogP contribution < -0.4 is 5.73 Å². The van der Waals surface area contributed by atoms with E-state index >= 15 is 0 Å². The highest BCUT2D eigenvalue weighted by Gasteiger charge is 2.24. The number of thioether (sulfide) groups is 1. The number of hydrogen-bond acceptors (Lipinski definition) is 5. The summed E-state index contributed by atoms with van der Waals surface area (Å²) in [5.41, 5.74) is 7.54. The highest BCUT2D eigenvalue weighted by Crippen LogP contribution is 2.18. The van der Waals surface area contributed by atoms with Crippen LogP contribution in [0.25, 0.3) is 0 Å². The summed E-state index contributed by atoms with van der Waals surface area (Å²) in [6.45, 7) is 0. The van der Waals surface area contributed by atoms with Gasteiger partial charge in [-0.15, -0.1) is 0 Å². The zero-order valence-corrected chi connectivity index (χ0v) is 17.9. The number of thiol groups is 1. The summed E-state index contributed by atoms with van der Waals surface area (Å²) in [6, 6.07) is 20.5. The summed E-state index contributed by atoms with van der Waals surface area (Å²) in [4.78, 5) is 10.6. The fourth-order valence-corrected chi connectivity index (χ4v) is 3.70. The molecule has 0 fully saturated rings. The summed E-state index contributed by atoms with van der Waals surface area (Å²) in [5.74, 6) is 0.263. The average molecular weight is 422 g/mol. The van der Waals surface area contributed by atoms with Crippen LogP contribution in [0, 0.1) is 0 Å². The molecule has 0 atom stereocenters. The molecule has 154 valence electrons. The van der Waals surface area contributed by atoms with Crippen LogP contribution in [-0.4, -0.2) is 27.7 Å². The molecular weight excluding hydrogens is 390 g/mol. The first-order valence-corrected chi connectivity index (χ1v) is 11.2. The van der Waals surface area contributed by atoms with Crippen LogP contribution in [-0.2, 0) is 16.3 Å². The standard InChI is InChI=1S/C15H23NO3S.C7H8S/c16-14(17)11-15(18,19)9-5-2-6-10-20-12-13-7-3-1-4-8-13;8-6-7-4-2-1-3-5-7/h1,3-4,7-8,18-19H,2,5-6,9-12H2,(H2,16,17);1-5,8H,6H2. The van der Waals surface area contributed by atoms with Gasteiger partial charge in [-0.25, -0.2) is 0 Å². The van der Waals surface area contributed by atoms with Gasteiger partial charge >= 0.3 is 0 Å². The second-order valence-electron chi connectivity index (χ2n) is 6.62. The van der Waals surface area contributed by atoms with Crippen molar-refractivity contribution in [2.45, 2.75) is 49.4 Å². The molecule has 2 rings (SSSR count). The van der Waals surface area contributed by atoms with Crippen molar-refractivity contribution in [3.8, 4) is 0 Å². The minimum Gasteiger partial charge on any atom is -0.370 e. The third-order valence-electron chi connectivity index (χ3n) is 3.96. The number of benzene rings is 2. The molecule has 2 aromatic rings. The summed E-state index contributed by atoms with van der Waals surface area (Å²) in [6.07, 6.45) is 2.44. The molecule has 0 heterocycles. The molecule has 0 radical (unpaired) electrons. The number of hydrogen-bond donors (Lipinski definition) is 4. The molecule has 0 saturated heterocycles. The third kappa shape index (κ3) is 12.8. The predicted molar refractivity (Wildman–Crippen MR) is 121 cm³/mol. The maximum Gasteiger partial charge on any atom is 0.222 e. The van der Waals surface area contributed by atoms with Crippen molar-refractivity contribution in [1.82, 2.24) is 0 Å². The van der Waals surface area contributed by atoms with E-state index in [9.17, 15) is 15.0 Å². The second-order valence-corrected chi connectivity index (χ2v) is 8.04. The Morgan fingerprint density at radius 2 is 1.50 bits per heavy atom. The Balaban J connectivity index is 0.000000406. The monoisotopic (exact) mass is 421 g/mol. The molecule has 1 amide bonds. The largest absolute Gasteiger partial charge is 0.370 e. The Morgan fingerprint density at radius 1 is 0.929 bits per heavy atom. The van der Waals surface area contributed by atoms with Gasteiger partial charge in [-0.2, -0.15) is 24.4 Å². The molecule has 0 aliphatic carbocycles. The lowest BCUT2D eigenvalue weighted by Gasteiger charge is -2.19. The molecule has 0 unspecified atom stereocenters. The maximum absolute atomic E-state index is 10.6. The van der Waals surface area contributed by atoms with Crippen LogP contribution in [0.5, 0.6) is 0 Å². The van der Waals surface area contributed by atoms with Gasteiger partial charge in [-0.1, -0.05) is 67.1 Å². The lowest BCUT2D eigenvalue weighted by atomic mass is 10.0. The van der Waals surface area contributed by atoms with Gasteiger partial charge in [-0.05, 0) is 29.7 Å². The van der Waals surface area contributed by atoms with Crippen molar-refractivity contribution in [3.05, 3.63) is 71.8 Å². The fraction of sp³-hybridized carbons (Fsp3) is 0.409. The number of carbonyl (C=O) groups excluding carboxylic acids is 1. The van der Waals surface area contributed by atoms with Gasteiger partial charge in [0.1, 0.15) is 0 Å². The summed E-state index contributed by atoms with van der Waals surface area (Å²) < 4.78 is 0. The number of unbranched alkanes of at least 4 members (excludes halogenated alkanes) is 2. The van der Waals surface area contributed by atoms with Crippen molar-refractivity contribution < 1.29 is 15.0 Å². The van der Waals surface area contributed by atoms with Gasteiger partial charge < -0.3 is 15.9 Å². The number of primary amides is 1. The lowest BCUT2D eigenvalue weighted by Crippen LogP contribution is -2.33. The van der Waals surface area contributed by atoms with E-state index in [1.165, 1.54) is 11.1 Å². The normalized spacial score (nSPS) is 10.8. The van der Waals surface area contributed by atoms with Crippen molar-refractivity contribution in [1.29, 1.82) is 0 Å². The van der Waals surface area contributed by atoms with E-state index in [-0.39, 0.29) is 6.42 Å². The predicted octanol–water partition coefficient (Wildman–Crippen LogP) is 4.15. The lowest BCUT2D eigenvalue weighted by molar-refractivity contribution is -0.175. The van der Waals surface area contributed by atoms with Gasteiger partial charge in [0, 0.05) is 17.9 Å². The zero-order chi connectivity index (χ0) is 20.7. The highest BCUT2D eigenvalue weighted by atomic mass is 32.2. The molecule has 0 saturated carbocycles. The number of amides is 1. The van der Waals surface area contributed by atoms with Crippen LogP contribution in [0.2, 0.25) is 0 Å². The minimum absolute atomic E-state index is 0.194. The van der Waals surface area contributed by atoms with Crippen molar-refractivity contribution >= 4 is 30.3 Å². The van der Waals surface area contributed by atoms with Gasteiger partial charge in [-0.3, -0.25) is 4.79 Å². The Labute approximate surface area is 178 Å². The smallest absolute Gasteiger partial charge is 0.222 e. The van der Waals surface area contributed by atoms with E-state index in [0.29, 0.717) is 6.42 Å². The number of rotatable bonds is 11. The van der Waals surface area contributed by atoms with Crippen LogP contribution in [0.1, 0.15) is 43.2 Å². The van der Waals surface area contributed by atoms with Crippen LogP contribution in [0.3, 0.4) is 0 Å². The molecule has 0 aliphatic heterocycles. The molecular formula is C22H31NO3S2. The fourth-order valence-electron chi connectivity index (χ4n) is 2.50. The Morgan fingerprint density at radius 3 is 2.00 bits per heavy atom. The van der Waals surface area contributed by atoms with Crippen molar-refractivity contribution in [2.75, 3.05) is 5.75 Å². The first-order chi connectivity index (χ1) is 13.4. The number of carbonyl (C=O) groups is 1. The van der Waals surface area contributed by atoms with Gasteiger partial charge in [0.2, 0.25) is 5.91 Å². The minimum atomic E-state index is -1.94. The molecule has 4 N–H and O–H groups in total. The Hall–Kier alpha value is -1.47. The Kier molecular flexibility index (Phi) is 12.7. The van der Waals surface area contributed by atoms with E-state index in [1.807, 2.05) is 48.2 Å². The molecule has 6 heteroatoms. The quantitative estimate of drug-likeness (QED) is 0.249. The molecule has 0 spiro atoms. The first kappa shape index (κ1) is 24.6. The molecule has 4 nitrogen and oxygen atoms in total. The van der Waals surface area contributed by atoms with E-state index < -0.39 is 18.1 Å².